The van der Waals surface area contributed by atoms with Crippen molar-refractivity contribution in [3.63, 3.8) is 0 Å². The Bertz CT molecular complexity index is 623. The molecule has 1 atom stereocenters. The fourth-order valence-electron chi connectivity index (χ4n) is 2.27. The smallest absolute Gasteiger partial charge is 0.161 e. The molecule has 2 rings (SSSR count). The lowest BCUT2D eigenvalue weighted by Crippen LogP contribution is -2.11. The van der Waals surface area contributed by atoms with Gasteiger partial charge in [-0.05, 0) is 36.6 Å². The van der Waals surface area contributed by atoms with Crippen molar-refractivity contribution in [3.8, 4) is 11.5 Å². The van der Waals surface area contributed by atoms with Crippen LogP contribution in [0.5, 0.6) is 11.5 Å². The van der Waals surface area contributed by atoms with Gasteiger partial charge >= 0.3 is 0 Å². The second kappa shape index (κ2) is 7.66. The lowest BCUT2D eigenvalue weighted by atomic mass is 10.0. The minimum Gasteiger partial charge on any atom is -0.493 e. The fourth-order valence-corrected chi connectivity index (χ4v) is 2.27. The highest BCUT2D eigenvalue weighted by Crippen LogP contribution is 2.31. The molecule has 0 fully saturated rings. The summed E-state index contributed by atoms with van der Waals surface area (Å²) in [6.07, 6.45) is 0.754. The van der Waals surface area contributed by atoms with Crippen LogP contribution in [0.25, 0.3) is 0 Å². The van der Waals surface area contributed by atoms with Crippen molar-refractivity contribution >= 4 is 0 Å². The Kier molecular flexibility index (Phi) is 5.61. The first-order chi connectivity index (χ1) is 10.6. The summed E-state index contributed by atoms with van der Waals surface area (Å²) in [5, 5.41) is 0. The zero-order valence-electron chi connectivity index (χ0n) is 13.2. The number of benzene rings is 2. The standard InChI is InChI=1S/C19H23NO2/c1-14(2)11-17(20)16-9-10-18(21-3)19(12-16)22-13-15-7-5-4-6-8-15/h4-10,12,17H,1,11,13,20H2,2-3H3/t17-/m1/s1. The van der Waals surface area contributed by atoms with E-state index in [0.29, 0.717) is 18.1 Å². The zero-order chi connectivity index (χ0) is 15.9. The van der Waals surface area contributed by atoms with Gasteiger partial charge in [0, 0.05) is 6.04 Å². The summed E-state index contributed by atoms with van der Waals surface area (Å²) in [6.45, 7) is 6.40. The Balaban J connectivity index is 2.15. The Hall–Kier alpha value is -2.26. The quantitative estimate of drug-likeness (QED) is 0.777. The van der Waals surface area contributed by atoms with Crippen LogP contribution in [-0.2, 0) is 6.61 Å². The van der Waals surface area contributed by atoms with Crippen LogP contribution in [-0.4, -0.2) is 7.11 Å². The molecule has 0 unspecified atom stereocenters. The maximum Gasteiger partial charge on any atom is 0.161 e. The third-order valence-corrected chi connectivity index (χ3v) is 3.42. The second-order valence-corrected chi connectivity index (χ2v) is 5.45. The highest BCUT2D eigenvalue weighted by atomic mass is 16.5. The molecular weight excluding hydrogens is 274 g/mol. The van der Waals surface area contributed by atoms with Crippen LogP contribution in [0.3, 0.4) is 0 Å². The van der Waals surface area contributed by atoms with E-state index >= 15 is 0 Å². The van der Waals surface area contributed by atoms with Crippen LogP contribution < -0.4 is 15.2 Å². The van der Waals surface area contributed by atoms with E-state index in [1.165, 1.54) is 0 Å². The van der Waals surface area contributed by atoms with E-state index in [9.17, 15) is 0 Å². The van der Waals surface area contributed by atoms with Gasteiger partial charge in [-0.25, -0.2) is 0 Å². The number of rotatable bonds is 7. The number of hydrogen-bond acceptors (Lipinski definition) is 3. The number of hydrogen-bond donors (Lipinski definition) is 1. The van der Waals surface area contributed by atoms with E-state index in [1.54, 1.807) is 7.11 Å². The van der Waals surface area contributed by atoms with Gasteiger partial charge < -0.3 is 15.2 Å². The summed E-state index contributed by atoms with van der Waals surface area (Å²) in [7, 11) is 1.64. The highest BCUT2D eigenvalue weighted by Gasteiger charge is 2.11. The molecule has 0 amide bonds. The summed E-state index contributed by atoms with van der Waals surface area (Å²) in [4.78, 5) is 0. The van der Waals surface area contributed by atoms with Crippen molar-refractivity contribution in [3.05, 3.63) is 71.8 Å². The third-order valence-electron chi connectivity index (χ3n) is 3.42. The van der Waals surface area contributed by atoms with E-state index in [1.807, 2.05) is 55.5 Å². The first kappa shape index (κ1) is 16.1. The SMILES string of the molecule is C=C(C)C[C@@H](N)c1ccc(OC)c(OCc2ccccc2)c1. The molecule has 0 aliphatic carbocycles. The Morgan fingerprint density at radius 3 is 2.50 bits per heavy atom. The average Bonchev–Trinajstić information content (AvgIpc) is 2.53. The molecule has 3 nitrogen and oxygen atoms in total. The largest absolute Gasteiger partial charge is 0.493 e. The molecular formula is C19H23NO2. The maximum atomic E-state index is 6.21. The number of nitrogens with two attached hydrogens (primary N) is 1. The molecule has 0 radical (unpaired) electrons. The summed E-state index contributed by atoms with van der Waals surface area (Å²) in [6, 6.07) is 15.8. The van der Waals surface area contributed by atoms with E-state index in [2.05, 4.69) is 6.58 Å². The molecule has 2 aromatic rings. The van der Waals surface area contributed by atoms with Crippen LogP contribution in [0.2, 0.25) is 0 Å². The van der Waals surface area contributed by atoms with E-state index in [-0.39, 0.29) is 6.04 Å². The second-order valence-electron chi connectivity index (χ2n) is 5.45. The van der Waals surface area contributed by atoms with Crippen LogP contribution in [0, 0.1) is 0 Å². The van der Waals surface area contributed by atoms with E-state index < -0.39 is 0 Å². The molecule has 116 valence electrons. The molecule has 0 aliphatic heterocycles. The molecule has 0 bridgehead atoms. The van der Waals surface area contributed by atoms with Gasteiger partial charge in [0.25, 0.3) is 0 Å². The topological polar surface area (TPSA) is 44.5 Å². The summed E-state index contributed by atoms with van der Waals surface area (Å²) in [5.74, 6) is 1.42. The van der Waals surface area contributed by atoms with Gasteiger partial charge in [-0.15, -0.1) is 6.58 Å². The Labute approximate surface area is 132 Å². The Morgan fingerprint density at radius 1 is 1.14 bits per heavy atom. The predicted molar refractivity (Wildman–Crippen MR) is 90.1 cm³/mol. The van der Waals surface area contributed by atoms with Gasteiger partial charge in [0.05, 0.1) is 7.11 Å². The molecule has 0 heterocycles. The van der Waals surface area contributed by atoms with Gasteiger partial charge in [-0.2, -0.15) is 0 Å². The van der Waals surface area contributed by atoms with E-state index in [4.69, 9.17) is 15.2 Å². The average molecular weight is 297 g/mol. The molecule has 0 aliphatic rings. The van der Waals surface area contributed by atoms with Crippen molar-refractivity contribution in [1.29, 1.82) is 0 Å². The zero-order valence-corrected chi connectivity index (χ0v) is 13.2. The van der Waals surface area contributed by atoms with Crippen LogP contribution >= 0.6 is 0 Å². The lowest BCUT2D eigenvalue weighted by molar-refractivity contribution is 0.284. The van der Waals surface area contributed by atoms with Crippen LogP contribution in [0.4, 0.5) is 0 Å². The molecule has 3 heteroatoms. The molecule has 2 aromatic carbocycles. The normalized spacial score (nSPS) is 11.8. The summed E-state index contributed by atoms with van der Waals surface area (Å²) in [5.41, 5.74) is 9.40. The monoisotopic (exact) mass is 297 g/mol. The third kappa shape index (κ3) is 4.37. The lowest BCUT2D eigenvalue weighted by Gasteiger charge is -2.16. The molecule has 22 heavy (non-hydrogen) atoms. The summed E-state index contributed by atoms with van der Waals surface area (Å²) < 4.78 is 11.3. The summed E-state index contributed by atoms with van der Waals surface area (Å²) >= 11 is 0. The van der Waals surface area contributed by atoms with Crippen molar-refractivity contribution in [2.24, 2.45) is 5.73 Å². The number of ether oxygens (including phenoxy) is 2. The van der Waals surface area contributed by atoms with Gasteiger partial charge in [-0.1, -0.05) is 42.0 Å². The van der Waals surface area contributed by atoms with Crippen molar-refractivity contribution < 1.29 is 9.47 Å². The number of methoxy groups -OCH3 is 1. The minimum atomic E-state index is -0.0810. The molecule has 0 aromatic heterocycles. The molecule has 0 saturated heterocycles. The molecule has 0 saturated carbocycles. The first-order valence-corrected chi connectivity index (χ1v) is 7.34. The van der Waals surface area contributed by atoms with E-state index in [0.717, 1.165) is 23.1 Å². The molecule has 2 N–H and O–H groups in total. The highest BCUT2D eigenvalue weighted by molar-refractivity contribution is 5.44. The maximum absolute atomic E-state index is 6.21. The fraction of sp³-hybridized carbons (Fsp3) is 0.263. The van der Waals surface area contributed by atoms with Gasteiger partial charge in [-0.3, -0.25) is 0 Å². The predicted octanol–water partition coefficient (Wildman–Crippen LogP) is 4.24. The molecule has 0 spiro atoms. The first-order valence-electron chi connectivity index (χ1n) is 7.34. The van der Waals surface area contributed by atoms with Crippen molar-refractivity contribution in [1.82, 2.24) is 0 Å². The van der Waals surface area contributed by atoms with Crippen LogP contribution in [0.1, 0.15) is 30.5 Å². The van der Waals surface area contributed by atoms with Gasteiger partial charge in [0.15, 0.2) is 11.5 Å². The van der Waals surface area contributed by atoms with Crippen molar-refractivity contribution in [2.75, 3.05) is 7.11 Å². The van der Waals surface area contributed by atoms with Gasteiger partial charge in [0.2, 0.25) is 0 Å². The van der Waals surface area contributed by atoms with Crippen molar-refractivity contribution in [2.45, 2.75) is 26.0 Å². The Morgan fingerprint density at radius 2 is 1.86 bits per heavy atom. The minimum absolute atomic E-state index is 0.0810. The van der Waals surface area contributed by atoms with Crippen LogP contribution in [0.15, 0.2) is 60.7 Å². The van der Waals surface area contributed by atoms with Gasteiger partial charge in [0.1, 0.15) is 6.61 Å².